The lowest BCUT2D eigenvalue weighted by molar-refractivity contribution is 0.0384. The van der Waals surface area contributed by atoms with Gasteiger partial charge in [0.15, 0.2) is 5.78 Å². The highest BCUT2D eigenvalue weighted by molar-refractivity contribution is 6.05. The Labute approximate surface area is 187 Å². The van der Waals surface area contributed by atoms with Crippen molar-refractivity contribution >= 4 is 5.78 Å². The van der Waals surface area contributed by atoms with Gasteiger partial charge >= 0.3 is 0 Å². The fourth-order valence-corrected chi connectivity index (χ4v) is 4.51. The first-order chi connectivity index (χ1) is 14.9. The van der Waals surface area contributed by atoms with Crippen molar-refractivity contribution in [3.05, 3.63) is 41.0 Å². The second-order valence-electron chi connectivity index (χ2n) is 10.0. The Morgan fingerprint density at radius 3 is 2.50 bits per heavy atom. The van der Waals surface area contributed by atoms with E-state index in [1.54, 1.807) is 13.8 Å². The summed E-state index contributed by atoms with van der Waals surface area (Å²) in [5, 5.41) is 41.2. The van der Waals surface area contributed by atoms with E-state index in [1.807, 2.05) is 13.8 Å². The molecule has 2 unspecified atom stereocenters. The molecule has 2 aliphatic heterocycles. The SMILES string of the molecule is CC(C)(O)CCC1C(=O)c2c(O)cc3c(c2OC1c1ccc(O)cc1O)CCC(C)(C)O3. The van der Waals surface area contributed by atoms with Crippen molar-refractivity contribution in [3.63, 3.8) is 0 Å². The Bertz CT molecular complexity index is 1060. The number of fused-ring (bicyclic) bond motifs is 3. The van der Waals surface area contributed by atoms with Crippen molar-refractivity contribution < 1.29 is 34.7 Å². The maximum atomic E-state index is 13.6. The number of ether oxygens (including phenoxy) is 2. The predicted molar refractivity (Wildman–Crippen MR) is 118 cm³/mol. The number of carbonyl (C=O) groups excluding carboxylic acids is 1. The van der Waals surface area contributed by atoms with Crippen molar-refractivity contribution in [2.24, 2.45) is 5.92 Å². The first kappa shape index (κ1) is 22.3. The number of Topliss-reactive ketones (excluding diaryl/α,β-unsaturated/α-hetero) is 1. The molecule has 0 bridgehead atoms. The van der Waals surface area contributed by atoms with Crippen molar-refractivity contribution in [2.75, 3.05) is 0 Å². The molecule has 0 saturated heterocycles. The minimum Gasteiger partial charge on any atom is -0.508 e. The van der Waals surface area contributed by atoms with Crippen LogP contribution in [0.2, 0.25) is 0 Å². The Balaban J connectivity index is 1.84. The van der Waals surface area contributed by atoms with Crippen molar-refractivity contribution in [1.82, 2.24) is 0 Å². The van der Waals surface area contributed by atoms with E-state index in [-0.39, 0.29) is 40.8 Å². The summed E-state index contributed by atoms with van der Waals surface area (Å²) in [5.74, 6) is -0.791. The minimum atomic E-state index is -1.00. The number of aliphatic hydroxyl groups is 1. The van der Waals surface area contributed by atoms with E-state index in [1.165, 1.54) is 24.3 Å². The van der Waals surface area contributed by atoms with Gasteiger partial charge in [0.2, 0.25) is 0 Å². The summed E-state index contributed by atoms with van der Waals surface area (Å²) in [7, 11) is 0. The normalized spacial score (nSPS) is 21.8. The fourth-order valence-electron chi connectivity index (χ4n) is 4.51. The summed E-state index contributed by atoms with van der Waals surface area (Å²) in [6, 6.07) is 5.63. The van der Waals surface area contributed by atoms with Crippen LogP contribution >= 0.6 is 0 Å². The maximum absolute atomic E-state index is 13.6. The number of phenolic OH excluding ortho intramolecular Hbond substituents is 3. The number of rotatable bonds is 4. The van der Waals surface area contributed by atoms with Crippen molar-refractivity contribution in [1.29, 1.82) is 0 Å². The molecule has 7 heteroatoms. The molecule has 32 heavy (non-hydrogen) atoms. The zero-order valence-electron chi connectivity index (χ0n) is 18.8. The highest BCUT2D eigenvalue weighted by atomic mass is 16.5. The van der Waals surface area contributed by atoms with E-state index in [2.05, 4.69) is 0 Å². The Kier molecular flexibility index (Phi) is 5.28. The molecule has 0 radical (unpaired) electrons. The molecule has 2 aromatic rings. The quantitative estimate of drug-likeness (QED) is 0.555. The molecule has 2 aliphatic rings. The number of hydrogen-bond acceptors (Lipinski definition) is 7. The zero-order chi connectivity index (χ0) is 23.4. The first-order valence-electron chi connectivity index (χ1n) is 10.9. The smallest absolute Gasteiger partial charge is 0.177 e. The molecule has 2 heterocycles. The zero-order valence-corrected chi connectivity index (χ0v) is 18.8. The molecule has 2 atom stereocenters. The molecular formula is C25H30O7. The number of ketones is 1. The van der Waals surface area contributed by atoms with Gasteiger partial charge in [-0.25, -0.2) is 0 Å². The predicted octanol–water partition coefficient (Wildman–Crippen LogP) is 4.39. The summed E-state index contributed by atoms with van der Waals surface area (Å²) in [6.45, 7) is 7.25. The average Bonchev–Trinajstić information content (AvgIpc) is 2.65. The van der Waals surface area contributed by atoms with Crippen LogP contribution in [0.4, 0.5) is 0 Å². The summed E-state index contributed by atoms with van der Waals surface area (Å²) in [5.41, 5.74) is -0.218. The topological polar surface area (TPSA) is 116 Å². The Morgan fingerprint density at radius 2 is 1.84 bits per heavy atom. The van der Waals surface area contributed by atoms with Crippen LogP contribution in [-0.4, -0.2) is 37.4 Å². The number of carbonyl (C=O) groups is 1. The van der Waals surface area contributed by atoms with Gasteiger partial charge in [0.05, 0.1) is 11.5 Å². The van der Waals surface area contributed by atoms with Gasteiger partial charge in [-0.05, 0) is 65.5 Å². The van der Waals surface area contributed by atoms with Crippen molar-refractivity contribution in [3.8, 4) is 28.7 Å². The minimum absolute atomic E-state index is 0.104. The van der Waals surface area contributed by atoms with Gasteiger partial charge in [0.1, 0.15) is 46.0 Å². The van der Waals surface area contributed by atoms with Crippen LogP contribution in [0.1, 0.15) is 74.5 Å². The molecule has 0 fully saturated rings. The summed E-state index contributed by atoms with van der Waals surface area (Å²) in [6.07, 6.45) is 1.08. The second-order valence-corrected chi connectivity index (χ2v) is 10.0. The number of hydrogen-bond donors (Lipinski definition) is 4. The van der Waals surface area contributed by atoms with Gasteiger partial charge in [-0.1, -0.05) is 0 Å². The average molecular weight is 443 g/mol. The lowest BCUT2D eigenvalue weighted by Crippen LogP contribution is -2.36. The number of benzene rings is 2. The van der Waals surface area contributed by atoms with Gasteiger partial charge in [-0.15, -0.1) is 0 Å². The maximum Gasteiger partial charge on any atom is 0.177 e. The second kappa shape index (κ2) is 7.59. The summed E-state index contributed by atoms with van der Waals surface area (Å²) in [4.78, 5) is 13.6. The van der Waals surface area contributed by atoms with Crippen molar-refractivity contribution in [2.45, 2.75) is 70.7 Å². The summed E-state index contributed by atoms with van der Waals surface area (Å²) >= 11 is 0. The number of phenols is 3. The van der Waals surface area contributed by atoms with Crippen LogP contribution in [0, 0.1) is 5.92 Å². The lowest BCUT2D eigenvalue weighted by Gasteiger charge is -2.38. The van der Waals surface area contributed by atoms with E-state index in [9.17, 15) is 25.2 Å². The third-order valence-corrected chi connectivity index (χ3v) is 6.27. The van der Waals surface area contributed by atoms with Gasteiger partial charge in [0.25, 0.3) is 0 Å². The third-order valence-electron chi connectivity index (χ3n) is 6.27. The largest absolute Gasteiger partial charge is 0.508 e. The van der Waals surface area contributed by atoms with Crippen LogP contribution in [0.3, 0.4) is 0 Å². The molecule has 4 rings (SSSR count). The highest BCUT2D eigenvalue weighted by Crippen LogP contribution is 2.52. The van der Waals surface area contributed by atoms with E-state index in [0.29, 0.717) is 30.6 Å². The van der Waals surface area contributed by atoms with Crippen LogP contribution < -0.4 is 9.47 Å². The first-order valence-corrected chi connectivity index (χ1v) is 10.9. The van der Waals surface area contributed by atoms with Crippen LogP contribution in [0.15, 0.2) is 24.3 Å². The molecule has 2 aromatic carbocycles. The lowest BCUT2D eigenvalue weighted by atomic mass is 9.79. The summed E-state index contributed by atoms with van der Waals surface area (Å²) < 4.78 is 12.4. The molecule has 0 aromatic heterocycles. The molecule has 0 spiro atoms. The van der Waals surface area contributed by atoms with Gasteiger partial charge in [-0.3, -0.25) is 4.79 Å². The van der Waals surface area contributed by atoms with Crippen LogP contribution in [-0.2, 0) is 6.42 Å². The fraction of sp³-hybridized carbons (Fsp3) is 0.480. The van der Waals surface area contributed by atoms with E-state index < -0.39 is 23.2 Å². The molecule has 172 valence electrons. The molecular weight excluding hydrogens is 412 g/mol. The van der Waals surface area contributed by atoms with Crippen LogP contribution in [0.5, 0.6) is 28.7 Å². The Hall–Kier alpha value is -2.93. The van der Waals surface area contributed by atoms with Gasteiger partial charge in [0, 0.05) is 23.3 Å². The third kappa shape index (κ3) is 4.09. The molecule has 0 saturated carbocycles. The molecule has 0 amide bonds. The number of aromatic hydroxyl groups is 3. The standard InChI is InChI=1S/C25H30O7/c1-24(2,30)9-7-16-21(29)20-18(28)12-19-15(8-10-25(3,4)32-19)23(20)31-22(16)14-6-5-13(26)11-17(14)27/h5-6,11-12,16,22,26-28,30H,7-10H2,1-4H3. The van der Waals surface area contributed by atoms with E-state index in [0.717, 1.165) is 5.56 Å². The van der Waals surface area contributed by atoms with Gasteiger partial charge < -0.3 is 29.9 Å². The molecule has 0 aliphatic carbocycles. The van der Waals surface area contributed by atoms with Gasteiger partial charge in [-0.2, -0.15) is 0 Å². The monoisotopic (exact) mass is 442 g/mol. The molecule has 4 N–H and O–H groups in total. The van der Waals surface area contributed by atoms with Crippen LogP contribution in [0.25, 0.3) is 0 Å². The van der Waals surface area contributed by atoms with E-state index in [4.69, 9.17) is 9.47 Å². The van der Waals surface area contributed by atoms with E-state index >= 15 is 0 Å². The molecule has 7 nitrogen and oxygen atoms in total. The highest BCUT2D eigenvalue weighted by Gasteiger charge is 2.44. The Morgan fingerprint density at radius 1 is 1.12 bits per heavy atom.